The van der Waals surface area contributed by atoms with E-state index in [1.54, 1.807) is 0 Å². The van der Waals surface area contributed by atoms with Crippen molar-refractivity contribution in [1.29, 1.82) is 0 Å². The molecule has 3 heteroatoms. The van der Waals surface area contributed by atoms with E-state index in [2.05, 4.69) is 20.4 Å². The molecule has 1 heterocycles. The number of hydrogen-bond donors (Lipinski definition) is 0. The van der Waals surface area contributed by atoms with Gasteiger partial charge in [0.2, 0.25) is 0 Å². The zero-order valence-electron chi connectivity index (χ0n) is 11.6. The molecule has 0 bridgehead atoms. The van der Waals surface area contributed by atoms with Gasteiger partial charge in [-0.1, -0.05) is 0 Å². The molecule has 18 heavy (non-hydrogen) atoms. The first kappa shape index (κ1) is 14.8. The molecule has 0 amide bonds. The molecule has 98 valence electrons. The first-order valence-corrected chi connectivity index (χ1v) is 6.84. The third-order valence-electron chi connectivity index (χ3n) is 2.73. The molecule has 1 rings (SSSR count). The summed E-state index contributed by atoms with van der Waals surface area (Å²) >= 11 is 0. The van der Waals surface area contributed by atoms with Gasteiger partial charge in [0.15, 0.2) is 0 Å². The first-order chi connectivity index (χ1) is 8.83. The zero-order valence-corrected chi connectivity index (χ0v) is 11.6. The summed E-state index contributed by atoms with van der Waals surface area (Å²) in [5, 5.41) is 0. The van der Waals surface area contributed by atoms with Gasteiger partial charge in [0.05, 0.1) is 0 Å². The molecule has 0 N–H and O–H groups in total. The molecular weight excluding hydrogens is 223 g/mol. The van der Waals surface area contributed by atoms with Crippen LogP contribution in [-0.4, -0.2) is 20.1 Å². The normalized spacial score (nSPS) is 9.89. The van der Waals surface area contributed by atoms with Crippen LogP contribution in [0.3, 0.4) is 0 Å². The molecule has 0 saturated carbocycles. The van der Waals surface area contributed by atoms with Crippen molar-refractivity contribution in [1.82, 2.24) is 0 Å². The van der Waals surface area contributed by atoms with Crippen LogP contribution in [0.5, 0.6) is 11.4 Å². The van der Waals surface area contributed by atoms with Gasteiger partial charge in [-0.05, 0) is 0 Å². The van der Waals surface area contributed by atoms with Crippen molar-refractivity contribution in [2.24, 2.45) is 0 Å². The van der Waals surface area contributed by atoms with Crippen molar-refractivity contribution in [3.8, 4) is 11.4 Å². The van der Waals surface area contributed by atoms with Gasteiger partial charge in [0.1, 0.15) is 0 Å². The number of rotatable bonds is 9. The van der Waals surface area contributed by atoms with Crippen LogP contribution in [0.4, 0.5) is 0 Å². The first-order valence-electron chi connectivity index (χ1n) is 6.84. The van der Waals surface area contributed by atoms with Gasteiger partial charge in [-0.3, -0.25) is 0 Å². The summed E-state index contributed by atoms with van der Waals surface area (Å²) < 4.78 is 11.6. The van der Waals surface area contributed by atoms with Crippen LogP contribution in [0.1, 0.15) is 45.1 Å². The molecule has 0 atom stereocenters. The fourth-order valence-electron chi connectivity index (χ4n) is 1.61. The van der Waals surface area contributed by atoms with E-state index < -0.39 is 0 Å². The van der Waals surface area contributed by atoms with Crippen LogP contribution in [0.2, 0.25) is 0 Å². The van der Waals surface area contributed by atoms with E-state index in [0.29, 0.717) is 0 Å². The van der Waals surface area contributed by atoms with Crippen molar-refractivity contribution in [3.05, 3.63) is 24.2 Å². The summed E-state index contributed by atoms with van der Waals surface area (Å²) in [5.74, 6) is 2.81. The molecule has 0 spiro atoms. The van der Waals surface area contributed by atoms with E-state index in [0.717, 1.165) is 55.9 Å². The van der Waals surface area contributed by atoms with E-state index in [9.17, 15) is 0 Å². The summed E-state index contributed by atoms with van der Waals surface area (Å²) in [7, 11) is 0. The Morgan fingerprint density at radius 2 is 1.83 bits per heavy atom. The molecule has 0 aromatic carbocycles. The second-order valence-electron chi connectivity index (χ2n) is 4.28. The van der Waals surface area contributed by atoms with Crippen LogP contribution >= 0.6 is 0 Å². The quantitative estimate of drug-likeness (QED) is 0.612. The van der Waals surface area contributed by atoms with E-state index in [1.165, 1.54) is 0 Å². The van der Waals surface area contributed by atoms with E-state index in [1.807, 2.05) is 25.0 Å². The molecule has 1 aromatic rings. The van der Waals surface area contributed by atoms with Gasteiger partial charge in [-0.2, -0.15) is 0 Å². The molecule has 0 unspecified atom stereocenters. The monoisotopic (exact) mass is 246 g/mol. The van der Waals surface area contributed by atoms with Crippen molar-refractivity contribution < 1.29 is 9.47 Å². The maximum atomic E-state index is 5.83. The Hall–Kier alpha value is -1.25. The second kappa shape index (κ2) is 8.79. The topological polar surface area (TPSA) is 18.5 Å². The second-order valence-corrected chi connectivity index (χ2v) is 4.28. The minimum absolute atomic E-state index is 0.728. The molecule has 0 aliphatic heterocycles. The Balaban J connectivity index is 2.75. The molecule has 0 aliphatic carbocycles. The van der Waals surface area contributed by atoms with Crippen LogP contribution in [-0.2, 0) is 0 Å². The fourth-order valence-corrected chi connectivity index (χ4v) is 1.61. The standard InChI is InChI=1S/C15H23BO2/c1-4-7-11-17-14-13(6-3)9-10-16-15(14)18-12-8-5-2/h6,9-10H,3-5,7-8,11-12H2,1-2H3. The Labute approximate surface area is 111 Å². The van der Waals surface area contributed by atoms with Crippen LogP contribution in [0, 0.1) is 0 Å². The summed E-state index contributed by atoms with van der Waals surface area (Å²) in [4.78, 5) is 0. The summed E-state index contributed by atoms with van der Waals surface area (Å²) in [6.45, 7) is 11.6. The molecule has 0 fully saturated rings. The predicted octanol–water partition coefficient (Wildman–Crippen LogP) is 4.03. The van der Waals surface area contributed by atoms with E-state index in [-0.39, 0.29) is 0 Å². The maximum absolute atomic E-state index is 5.83. The van der Waals surface area contributed by atoms with Crippen molar-refractivity contribution in [3.63, 3.8) is 0 Å². The Morgan fingerprint density at radius 3 is 2.44 bits per heavy atom. The average Bonchev–Trinajstić information content (AvgIpc) is 2.40. The van der Waals surface area contributed by atoms with Crippen LogP contribution < -0.4 is 9.47 Å². The molecule has 0 radical (unpaired) electrons. The molecular formula is C15H23BO2. The van der Waals surface area contributed by atoms with Crippen molar-refractivity contribution in [2.45, 2.75) is 39.5 Å². The third-order valence-corrected chi connectivity index (χ3v) is 2.73. The summed E-state index contributed by atoms with van der Waals surface area (Å²) in [6.07, 6.45) is 6.19. The van der Waals surface area contributed by atoms with Gasteiger partial charge in [-0.15, -0.1) is 0 Å². The Morgan fingerprint density at radius 1 is 1.17 bits per heavy atom. The van der Waals surface area contributed by atoms with Gasteiger partial charge in [0, 0.05) is 0 Å². The minimum atomic E-state index is 0.728. The summed E-state index contributed by atoms with van der Waals surface area (Å²) in [5.41, 5.74) is 1.83. The van der Waals surface area contributed by atoms with Crippen molar-refractivity contribution in [2.75, 3.05) is 13.2 Å². The van der Waals surface area contributed by atoms with E-state index >= 15 is 0 Å². The molecule has 0 aliphatic rings. The zero-order chi connectivity index (χ0) is 13.2. The van der Waals surface area contributed by atoms with Crippen molar-refractivity contribution >= 4 is 13.0 Å². The van der Waals surface area contributed by atoms with Gasteiger partial charge >= 0.3 is 111 Å². The molecule has 0 saturated heterocycles. The average molecular weight is 246 g/mol. The molecule has 1 aromatic heterocycles. The SMILES string of the molecule is C=Cc1ccbc(OCCCC)c1OCCCC. The number of unbranched alkanes of at least 4 members (excludes halogenated alkanes) is 2. The van der Waals surface area contributed by atoms with Gasteiger partial charge < -0.3 is 0 Å². The van der Waals surface area contributed by atoms with Gasteiger partial charge in [0.25, 0.3) is 0 Å². The fraction of sp³-hybridized carbons (Fsp3) is 0.533. The Bertz CT molecular complexity index is 364. The van der Waals surface area contributed by atoms with Gasteiger partial charge in [-0.25, -0.2) is 0 Å². The van der Waals surface area contributed by atoms with E-state index in [4.69, 9.17) is 9.47 Å². The predicted molar refractivity (Wildman–Crippen MR) is 78.7 cm³/mol. The summed E-state index contributed by atoms with van der Waals surface area (Å²) in [6, 6.07) is 2.00. The molecule has 2 nitrogen and oxygen atoms in total. The van der Waals surface area contributed by atoms with Crippen LogP contribution in [0.15, 0.2) is 18.6 Å². The number of ether oxygens (including phenoxy) is 2. The number of hydrogen-bond acceptors (Lipinski definition) is 2. The third kappa shape index (κ3) is 4.56. The van der Waals surface area contributed by atoms with Crippen LogP contribution in [0.25, 0.3) is 6.08 Å². The Kier molecular flexibility index (Phi) is 7.23.